The summed E-state index contributed by atoms with van der Waals surface area (Å²) in [6.45, 7) is 0.0771. The Bertz CT molecular complexity index is 561. The summed E-state index contributed by atoms with van der Waals surface area (Å²) in [6, 6.07) is 0. The molecule has 2 aromatic rings. The fraction of sp³-hybridized carbons (Fsp3) is 0.286. The molecule has 2 heterocycles. The van der Waals surface area contributed by atoms with Crippen LogP contribution in [0.25, 0.3) is 9.88 Å². The first-order chi connectivity index (χ1) is 7.54. The molecule has 86 valence electrons. The normalized spacial score (nSPS) is 11.8. The van der Waals surface area contributed by atoms with Crippen LogP contribution in [0.15, 0.2) is 17.8 Å². The maximum Gasteiger partial charge on any atom is 0.219 e. The third-order valence-corrected chi connectivity index (χ3v) is 4.13. The van der Waals surface area contributed by atoms with E-state index in [0.717, 1.165) is 9.88 Å². The van der Waals surface area contributed by atoms with E-state index in [-0.39, 0.29) is 6.54 Å². The molecule has 0 aliphatic rings. The highest BCUT2D eigenvalue weighted by atomic mass is 32.2. The molecule has 16 heavy (non-hydrogen) atoms. The molecule has 0 aromatic carbocycles. The Morgan fingerprint density at radius 2 is 2.31 bits per heavy atom. The van der Waals surface area contributed by atoms with Gasteiger partial charge in [0, 0.05) is 23.1 Å². The minimum absolute atomic E-state index is 0.0771. The minimum Gasteiger partial charge on any atom is -0.748 e. The topological polar surface area (TPSA) is 86.9 Å². The van der Waals surface area contributed by atoms with Gasteiger partial charge < -0.3 is 4.55 Å². The van der Waals surface area contributed by atoms with Gasteiger partial charge in [0.05, 0.1) is 10.2 Å². The molecule has 0 saturated carbocycles. The molecular weight excluding hydrogens is 270 g/mol. The average molecular weight is 277 g/mol. The summed E-state index contributed by atoms with van der Waals surface area (Å²) in [4.78, 5) is 4.96. The van der Waals surface area contributed by atoms with Crippen LogP contribution in [0.3, 0.4) is 0 Å². The lowest BCUT2D eigenvalue weighted by Gasteiger charge is -2.00. The van der Waals surface area contributed by atoms with Gasteiger partial charge in [0.1, 0.15) is 15.1 Å². The highest BCUT2D eigenvalue weighted by molar-refractivity contribution is 7.85. The van der Waals surface area contributed by atoms with Gasteiger partial charge in [-0.1, -0.05) is 4.68 Å². The van der Waals surface area contributed by atoms with E-state index in [9.17, 15) is 13.0 Å². The van der Waals surface area contributed by atoms with Crippen molar-refractivity contribution >= 4 is 33.0 Å². The van der Waals surface area contributed by atoms with Crippen LogP contribution in [0.4, 0.5) is 0 Å². The number of hydrogen-bond donors (Lipinski definition) is 0. The van der Waals surface area contributed by atoms with Gasteiger partial charge in [0.15, 0.2) is 11.4 Å². The van der Waals surface area contributed by atoms with E-state index < -0.39 is 15.9 Å². The highest BCUT2D eigenvalue weighted by Crippen LogP contribution is 2.22. The lowest BCUT2D eigenvalue weighted by atomic mass is 10.6. The summed E-state index contributed by atoms with van der Waals surface area (Å²) < 4.78 is 36.7. The monoisotopic (exact) mass is 277 g/mol. The Morgan fingerprint density at radius 3 is 2.94 bits per heavy atom. The molecule has 0 spiro atoms. The largest absolute Gasteiger partial charge is 0.748 e. The first kappa shape index (κ1) is 11.6. The Hall–Kier alpha value is -0.900. The summed E-state index contributed by atoms with van der Waals surface area (Å²) in [5, 5.41) is 2.68. The van der Waals surface area contributed by atoms with E-state index in [1.807, 2.05) is 5.38 Å². The quantitative estimate of drug-likeness (QED) is 0.584. The second-order valence-corrected chi connectivity index (χ2v) is 6.13. The number of aromatic nitrogens is 3. The lowest BCUT2D eigenvalue weighted by molar-refractivity contribution is -0.742. The zero-order chi connectivity index (χ0) is 11.6. The summed E-state index contributed by atoms with van der Waals surface area (Å²) >= 11 is 2.70. The van der Waals surface area contributed by atoms with Gasteiger partial charge in [-0.3, -0.25) is 0 Å². The van der Waals surface area contributed by atoms with Gasteiger partial charge in [-0.15, -0.1) is 11.3 Å². The van der Waals surface area contributed by atoms with Crippen LogP contribution in [0.5, 0.6) is 0 Å². The first-order valence-corrected chi connectivity index (χ1v) is 7.47. The number of thiazole rings is 1. The van der Waals surface area contributed by atoms with Gasteiger partial charge in [0.2, 0.25) is 6.20 Å². The zero-order valence-electron chi connectivity index (χ0n) is 7.94. The second-order valence-electron chi connectivity index (χ2n) is 2.93. The van der Waals surface area contributed by atoms with Crippen molar-refractivity contribution < 1.29 is 17.7 Å². The van der Waals surface area contributed by atoms with E-state index in [1.165, 1.54) is 27.6 Å². The molecule has 9 heteroatoms. The molecule has 6 nitrogen and oxygen atoms in total. The predicted octanol–water partition coefficient (Wildman–Crippen LogP) is 0.0993. The molecule has 2 aromatic heterocycles. The molecule has 0 unspecified atom stereocenters. The van der Waals surface area contributed by atoms with Gasteiger partial charge in [-0.05, 0) is 0 Å². The fourth-order valence-electron chi connectivity index (χ4n) is 1.03. The van der Waals surface area contributed by atoms with Crippen LogP contribution in [0.1, 0.15) is 0 Å². The van der Waals surface area contributed by atoms with E-state index >= 15 is 0 Å². The van der Waals surface area contributed by atoms with E-state index in [2.05, 4.69) is 9.47 Å². The minimum atomic E-state index is -4.19. The van der Waals surface area contributed by atoms with E-state index in [4.69, 9.17) is 0 Å². The van der Waals surface area contributed by atoms with Crippen molar-refractivity contribution in [3.8, 4) is 9.88 Å². The molecule has 0 aliphatic carbocycles. The molecule has 0 atom stereocenters. The molecule has 0 fully saturated rings. The van der Waals surface area contributed by atoms with Crippen LogP contribution >= 0.6 is 22.9 Å². The van der Waals surface area contributed by atoms with Crippen molar-refractivity contribution in [1.82, 2.24) is 9.47 Å². The van der Waals surface area contributed by atoms with Crippen LogP contribution < -0.4 is 4.68 Å². The SMILES string of the molecule is O=S(=O)([O-])CC[n+]1cc(-c2nccs2)sn1. The van der Waals surface area contributed by atoms with Gasteiger partial charge in [-0.2, -0.15) is 0 Å². The first-order valence-electron chi connectivity index (χ1n) is 4.24. The van der Waals surface area contributed by atoms with E-state index in [1.54, 1.807) is 12.4 Å². The third kappa shape index (κ3) is 3.04. The highest BCUT2D eigenvalue weighted by Gasteiger charge is 2.13. The third-order valence-electron chi connectivity index (χ3n) is 1.72. The predicted molar refractivity (Wildman–Crippen MR) is 58.0 cm³/mol. The van der Waals surface area contributed by atoms with Gasteiger partial charge >= 0.3 is 0 Å². The molecule has 0 saturated heterocycles. The Morgan fingerprint density at radius 1 is 1.50 bits per heavy atom. The van der Waals surface area contributed by atoms with Crippen molar-refractivity contribution in [3.63, 3.8) is 0 Å². The number of aryl methyl sites for hydroxylation is 1. The summed E-state index contributed by atoms with van der Waals surface area (Å²) in [7, 11) is -4.19. The van der Waals surface area contributed by atoms with Crippen molar-refractivity contribution in [2.75, 3.05) is 5.75 Å². The Balaban J connectivity index is 2.09. The Kier molecular flexibility index (Phi) is 3.28. The number of nitrogens with zero attached hydrogens (tertiary/aromatic N) is 3. The molecule has 2 rings (SSSR count). The smallest absolute Gasteiger partial charge is 0.219 e. The van der Waals surface area contributed by atoms with Crippen LogP contribution in [-0.4, -0.2) is 28.2 Å². The summed E-state index contributed by atoms with van der Waals surface area (Å²) in [5.41, 5.74) is 0. The Labute approximate surface area is 100 Å². The second kappa shape index (κ2) is 4.53. The lowest BCUT2D eigenvalue weighted by Crippen LogP contribution is -2.37. The maximum absolute atomic E-state index is 10.4. The van der Waals surface area contributed by atoms with Crippen molar-refractivity contribution in [2.24, 2.45) is 0 Å². The van der Waals surface area contributed by atoms with Crippen molar-refractivity contribution in [2.45, 2.75) is 6.54 Å². The van der Waals surface area contributed by atoms with Crippen LogP contribution in [-0.2, 0) is 16.7 Å². The number of rotatable bonds is 4. The maximum atomic E-state index is 10.4. The van der Waals surface area contributed by atoms with Crippen LogP contribution in [0, 0.1) is 0 Å². The molecular formula is C7H7N3O3S3. The van der Waals surface area contributed by atoms with Gasteiger partial charge in [-0.25, -0.2) is 13.4 Å². The van der Waals surface area contributed by atoms with E-state index in [0.29, 0.717) is 0 Å². The molecule has 0 aliphatic heterocycles. The number of hydrogen-bond acceptors (Lipinski definition) is 7. The average Bonchev–Trinajstić information content (AvgIpc) is 2.84. The summed E-state index contributed by atoms with van der Waals surface area (Å²) in [5.74, 6) is -0.446. The molecule has 0 radical (unpaired) electrons. The van der Waals surface area contributed by atoms with Crippen LogP contribution in [0.2, 0.25) is 0 Å². The summed E-state index contributed by atoms with van der Waals surface area (Å²) in [6.07, 6.45) is 3.38. The van der Waals surface area contributed by atoms with Gasteiger partial charge in [0.25, 0.3) is 0 Å². The standard InChI is InChI=1S/C7H7N3O3S3/c11-16(12,13)4-2-10-5-6(15-9-10)7-8-1-3-14-7/h1,3,5H,2,4H2. The zero-order valence-corrected chi connectivity index (χ0v) is 10.4. The van der Waals surface area contributed by atoms with Crippen molar-refractivity contribution in [3.05, 3.63) is 17.8 Å². The molecule has 0 amide bonds. The van der Waals surface area contributed by atoms with Crippen molar-refractivity contribution in [1.29, 1.82) is 0 Å². The molecule has 0 N–H and O–H groups in total. The fourth-order valence-corrected chi connectivity index (χ4v) is 2.86. The molecule has 0 bridgehead atoms.